The average molecular weight is 405 g/mol. The van der Waals surface area contributed by atoms with E-state index in [9.17, 15) is 0 Å². The fourth-order valence-electron chi connectivity index (χ4n) is 3.62. The molecule has 0 spiro atoms. The summed E-state index contributed by atoms with van der Waals surface area (Å²) in [6.45, 7) is 5.98. The van der Waals surface area contributed by atoms with Gasteiger partial charge in [-0.25, -0.2) is 0 Å². The van der Waals surface area contributed by atoms with Crippen LogP contribution in [-0.4, -0.2) is 55.3 Å². The van der Waals surface area contributed by atoms with Crippen molar-refractivity contribution in [2.45, 2.75) is 21.5 Å². The Kier molecular flexibility index (Phi) is 6.17. The van der Waals surface area contributed by atoms with Crippen molar-refractivity contribution < 1.29 is 0 Å². The first-order valence-electron chi connectivity index (χ1n) is 9.27. The number of nitrogens with zero attached hydrogens (tertiary/aromatic N) is 2. The Morgan fingerprint density at radius 1 is 1.08 bits per heavy atom. The Bertz CT molecular complexity index is 759. The van der Waals surface area contributed by atoms with E-state index >= 15 is 0 Å². The number of rotatable bonds is 4. The molecule has 2 aliphatic rings. The third-order valence-electron chi connectivity index (χ3n) is 5.24. The third-order valence-corrected chi connectivity index (χ3v) is 7.92. The van der Waals surface area contributed by atoms with Crippen molar-refractivity contribution >= 4 is 35.1 Å². The first-order valence-corrected chi connectivity index (χ1v) is 11.5. The maximum absolute atomic E-state index is 6.28. The lowest BCUT2D eigenvalue weighted by atomic mass is 10.0. The van der Waals surface area contributed by atoms with Gasteiger partial charge in [-0.2, -0.15) is 11.8 Å². The number of fused-ring (bicyclic) bond motifs is 2. The zero-order valence-corrected chi connectivity index (χ0v) is 17.5. The predicted octanol–water partition coefficient (Wildman–Crippen LogP) is 5.07. The molecule has 0 unspecified atom stereocenters. The molecule has 26 heavy (non-hydrogen) atoms. The molecule has 2 aliphatic heterocycles. The lowest BCUT2D eigenvalue weighted by Crippen LogP contribution is -2.45. The Labute approximate surface area is 170 Å². The number of piperazine rings is 1. The van der Waals surface area contributed by atoms with E-state index in [1.165, 1.54) is 59.4 Å². The SMILES string of the molecule is CN1CCN(CCS[C@H]2Cc3cc(Cl)ccc3Sc3ccccc32)CC1. The van der Waals surface area contributed by atoms with Crippen molar-refractivity contribution in [2.75, 3.05) is 45.5 Å². The second-order valence-electron chi connectivity index (χ2n) is 7.10. The Morgan fingerprint density at radius 2 is 1.88 bits per heavy atom. The molecule has 2 heterocycles. The van der Waals surface area contributed by atoms with E-state index in [1.807, 2.05) is 17.8 Å². The summed E-state index contributed by atoms with van der Waals surface area (Å²) >= 11 is 10.3. The molecule has 138 valence electrons. The molecule has 1 atom stereocenters. The lowest BCUT2D eigenvalue weighted by molar-refractivity contribution is 0.161. The normalized spacial score (nSPS) is 21.1. The fourth-order valence-corrected chi connectivity index (χ4v) is 6.34. The van der Waals surface area contributed by atoms with Crippen LogP contribution in [-0.2, 0) is 6.42 Å². The van der Waals surface area contributed by atoms with Crippen LogP contribution in [0.15, 0.2) is 52.3 Å². The molecule has 0 amide bonds. The maximum Gasteiger partial charge on any atom is 0.0409 e. The molecule has 0 bridgehead atoms. The molecular formula is C21H25ClN2S2. The quantitative estimate of drug-likeness (QED) is 0.701. The van der Waals surface area contributed by atoms with Crippen LogP contribution in [0, 0.1) is 0 Å². The van der Waals surface area contributed by atoms with E-state index in [4.69, 9.17) is 11.6 Å². The number of hydrogen-bond acceptors (Lipinski definition) is 4. The van der Waals surface area contributed by atoms with Gasteiger partial charge in [0.15, 0.2) is 0 Å². The summed E-state index contributed by atoms with van der Waals surface area (Å²) in [5.41, 5.74) is 2.86. The molecule has 2 aromatic carbocycles. The van der Waals surface area contributed by atoms with Gasteiger partial charge >= 0.3 is 0 Å². The maximum atomic E-state index is 6.28. The Morgan fingerprint density at radius 3 is 2.73 bits per heavy atom. The van der Waals surface area contributed by atoms with E-state index in [2.05, 4.69) is 65.0 Å². The minimum absolute atomic E-state index is 0.505. The van der Waals surface area contributed by atoms with Gasteiger partial charge in [0.25, 0.3) is 0 Å². The molecule has 2 aromatic rings. The molecule has 0 aromatic heterocycles. The number of likely N-dealkylation sites (N-methyl/N-ethyl adjacent to an activating group) is 1. The van der Waals surface area contributed by atoms with Gasteiger partial charge in [0, 0.05) is 58.5 Å². The summed E-state index contributed by atoms with van der Waals surface area (Å²) in [6.07, 6.45) is 1.06. The summed E-state index contributed by atoms with van der Waals surface area (Å²) in [4.78, 5) is 7.77. The highest BCUT2D eigenvalue weighted by Crippen LogP contribution is 2.46. The summed E-state index contributed by atoms with van der Waals surface area (Å²) < 4.78 is 0. The molecule has 5 heteroatoms. The molecule has 1 saturated heterocycles. The van der Waals surface area contributed by atoms with Crippen LogP contribution < -0.4 is 0 Å². The first-order chi connectivity index (χ1) is 12.7. The minimum atomic E-state index is 0.505. The highest BCUT2D eigenvalue weighted by atomic mass is 35.5. The topological polar surface area (TPSA) is 6.48 Å². The number of hydrogen-bond donors (Lipinski definition) is 0. The summed E-state index contributed by atoms with van der Waals surface area (Å²) in [5, 5.41) is 1.35. The largest absolute Gasteiger partial charge is 0.304 e. The molecular weight excluding hydrogens is 380 g/mol. The second kappa shape index (κ2) is 8.57. The van der Waals surface area contributed by atoms with Crippen molar-refractivity contribution in [3.63, 3.8) is 0 Å². The van der Waals surface area contributed by atoms with Crippen LogP contribution in [0.1, 0.15) is 16.4 Å². The Hall–Kier alpha value is -0.650. The van der Waals surface area contributed by atoms with E-state index in [-0.39, 0.29) is 0 Å². The van der Waals surface area contributed by atoms with Crippen LogP contribution in [0.5, 0.6) is 0 Å². The van der Waals surface area contributed by atoms with Crippen molar-refractivity contribution in [3.8, 4) is 0 Å². The van der Waals surface area contributed by atoms with Gasteiger partial charge in [0.1, 0.15) is 0 Å². The van der Waals surface area contributed by atoms with Crippen molar-refractivity contribution in [1.29, 1.82) is 0 Å². The van der Waals surface area contributed by atoms with Crippen molar-refractivity contribution in [1.82, 2.24) is 9.80 Å². The summed E-state index contributed by atoms with van der Waals surface area (Å²) in [6, 6.07) is 15.2. The third kappa shape index (κ3) is 4.42. The Balaban J connectivity index is 1.47. The van der Waals surface area contributed by atoms with Crippen LogP contribution in [0.4, 0.5) is 0 Å². The zero-order chi connectivity index (χ0) is 17.9. The van der Waals surface area contributed by atoms with Gasteiger partial charge in [-0.15, -0.1) is 0 Å². The van der Waals surface area contributed by atoms with Gasteiger partial charge < -0.3 is 4.90 Å². The monoisotopic (exact) mass is 404 g/mol. The molecule has 2 nitrogen and oxygen atoms in total. The number of halogens is 1. The standard InChI is InChI=1S/C21H25ClN2S2/c1-23-8-10-24(11-9-23)12-13-25-21-15-16-14-17(22)6-7-19(16)26-20-5-3-2-4-18(20)21/h2-7,14,21H,8-13,15H2,1H3/t21-/m0/s1. The number of thioether (sulfide) groups is 1. The first kappa shape index (κ1) is 18.7. The molecule has 0 aliphatic carbocycles. The van der Waals surface area contributed by atoms with E-state index in [0.29, 0.717) is 5.25 Å². The van der Waals surface area contributed by atoms with Crippen molar-refractivity contribution in [2.24, 2.45) is 0 Å². The second-order valence-corrected chi connectivity index (χ2v) is 9.93. The van der Waals surface area contributed by atoms with Gasteiger partial charge in [-0.3, -0.25) is 4.90 Å². The average Bonchev–Trinajstić information content (AvgIpc) is 2.80. The minimum Gasteiger partial charge on any atom is -0.304 e. The van der Waals surface area contributed by atoms with E-state index in [0.717, 1.165) is 11.4 Å². The van der Waals surface area contributed by atoms with Gasteiger partial charge in [-0.05, 0) is 48.9 Å². The fraction of sp³-hybridized carbons (Fsp3) is 0.429. The molecule has 4 rings (SSSR count). The van der Waals surface area contributed by atoms with Crippen LogP contribution in [0.3, 0.4) is 0 Å². The van der Waals surface area contributed by atoms with E-state index < -0.39 is 0 Å². The van der Waals surface area contributed by atoms with Crippen molar-refractivity contribution in [3.05, 3.63) is 58.6 Å². The summed E-state index contributed by atoms with van der Waals surface area (Å²) in [5.74, 6) is 1.18. The van der Waals surface area contributed by atoms with Crippen LogP contribution >= 0.6 is 35.1 Å². The predicted molar refractivity (Wildman–Crippen MR) is 115 cm³/mol. The van der Waals surface area contributed by atoms with E-state index in [1.54, 1.807) is 0 Å². The smallest absolute Gasteiger partial charge is 0.0409 e. The highest BCUT2D eigenvalue weighted by molar-refractivity contribution is 8.00. The van der Waals surface area contributed by atoms with Gasteiger partial charge in [-0.1, -0.05) is 41.6 Å². The highest BCUT2D eigenvalue weighted by Gasteiger charge is 2.23. The molecule has 0 N–H and O–H groups in total. The zero-order valence-electron chi connectivity index (χ0n) is 15.2. The molecule has 1 fully saturated rings. The molecule has 0 radical (unpaired) electrons. The van der Waals surface area contributed by atoms with Gasteiger partial charge in [0.2, 0.25) is 0 Å². The summed E-state index contributed by atoms with van der Waals surface area (Å²) in [7, 11) is 2.22. The lowest BCUT2D eigenvalue weighted by Gasteiger charge is -2.32. The number of benzene rings is 2. The van der Waals surface area contributed by atoms with Crippen LogP contribution in [0.2, 0.25) is 5.02 Å². The molecule has 0 saturated carbocycles. The van der Waals surface area contributed by atoms with Crippen LogP contribution in [0.25, 0.3) is 0 Å². The van der Waals surface area contributed by atoms with Gasteiger partial charge in [0.05, 0.1) is 0 Å².